The molecule has 1 aromatic heterocycles. The number of nitrogens with one attached hydrogen (secondary N) is 2. The van der Waals surface area contributed by atoms with Gasteiger partial charge in [0, 0.05) is 25.8 Å². The first-order valence-corrected chi connectivity index (χ1v) is 8.53. The van der Waals surface area contributed by atoms with Crippen molar-refractivity contribution in [3.63, 3.8) is 0 Å². The minimum atomic E-state index is 0.587. The van der Waals surface area contributed by atoms with E-state index in [1.54, 1.807) is 11.8 Å². The molecule has 2 heterocycles. The van der Waals surface area contributed by atoms with Gasteiger partial charge in [-0.25, -0.2) is 9.97 Å². The Balaban J connectivity index is 1.94. The first-order chi connectivity index (χ1) is 9.81. The zero-order chi connectivity index (χ0) is 14.2. The molecule has 6 heteroatoms. The van der Waals surface area contributed by atoms with Crippen molar-refractivity contribution in [3.05, 3.63) is 6.07 Å². The fourth-order valence-corrected chi connectivity index (χ4v) is 2.55. The minimum Gasteiger partial charge on any atom is -0.381 e. The summed E-state index contributed by atoms with van der Waals surface area (Å²) in [5.74, 6) is 2.38. The van der Waals surface area contributed by atoms with Crippen molar-refractivity contribution < 1.29 is 4.74 Å². The third-order valence-corrected chi connectivity index (χ3v) is 3.82. The van der Waals surface area contributed by atoms with E-state index in [9.17, 15) is 0 Å². The molecule has 2 rings (SSSR count). The normalized spacial score (nSPS) is 18.8. The second-order valence-electron chi connectivity index (χ2n) is 5.02. The molecule has 0 amide bonds. The Labute approximate surface area is 125 Å². The molecule has 0 aliphatic carbocycles. The summed E-state index contributed by atoms with van der Waals surface area (Å²) in [6.07, 6.45) is 5.47. The summed E-state index contributed by atoms with van der Waals surface area (Å²) in [7, 11) is 0. The van der Waals surface area contributed by atoms with Crippen LogP contribution in [-0.4, -0.2) is 42.5 Å². The van der Waals surface area contributed by atoms with Crippen LogP contribution in [0.1, 0.15) is 26.2 Å². The van der Waals surface area contributed by atoms with Crippen LogP contribution in [0.3, 0.4) is 0 Å². The molecule has 1 aromatic rings. The molecule has 112 valence electrons. The quantitative estimate of drug-likeness (QED) is 0.596. The highest BCUT2D eigenvalue weighted by Crippen LogP contribution is 2.19. The van der Waals surface area contributed by atoms with E-state index in [0.29, 0.717) is 5.92 Å². The molecule has 1 atom stereocenters. The van der Waals surface area contributed by atoms with E-state index < -0.39 is 0 Å². The van der Waals surface area contributed by atoms with Crippen LogP contribution in [0, 0.1) is 5.92 Å². The lowest BCUT2D eigenvalue weighted by molar-refractivity contribution is 0.0595. The first-order valence-electron chi connectivity index (χ1n) is 7.30. The maximum atomic E-state index is 5.50. The lowest BCUT2D eigenvalue weighted by Gasteiger charge is -2.22. The molecule has 2 N–H and O–H groups in total. The molecule has 5 nitrogen and oxygen atoms in total. The van der Waals surface area contributed by atoms with Gasteiger partial charge in [0.15, 0.2) is 5.16 Å². The van der Waals surface area contributed by atoms with E-state index in [2.05, 4.69) is 27.5 Å². The lowest BCUT2D eigenvalue weighted by atomic mass is 10.0. The summed E-state index contributed by atoms with van der Waals surface area (Å²) in [4.78, 5) is 8.96. The zero-order valence-corrected chi connectivity index (χ0v) is 13.1. The monoisotopic (exact) mass is 296 g/mol. The predicted octanol–water partition coefficient (Wildman–Crippen LogP) is 2.86. The molecular formula is C14H24N4OS. The molecule has 1 saturated heterocycles. The maximum Gasteiger partial charge on any atom is 0.191 e. The highest BCUT2D eigenvalue weighted by atomic mass is 32.2. The van der Waals surface area contributed by atoms with Crippen LogP contribution in [0.2, 0.25) is 0 Å². The number of hydrogen-bond acceptors (Lipinski definition) is 6. The van der Waals surface area contributed by atoms with Gasteiger partial charge in [0.2, 0.25) is 0 Å². The van der Waals surface area contributed by atoms with E-state index in [1.165, 1.54) is 6.42 Å². The van der Waals surface area contributed by atoms with Gasteiger partial charge < -0.3 is 15.4 Å². The van der Waals surface area contributed by atoms with Crippen LogP contribution in [0.5, 0.6) is 0 Å². The molecular weight excluding hydrogens is 272 g/mol. The summed E-state index contributed by atoms with van der Waals surface area (Å²) in [5.41, 5.74) is 0. The fraction of sp³-hybridized carbons (Fsp3) is 0.714. The van der Waals surface area contributed by atoms with Crippen molar-refractivity contribution in [1.29, 1.82) is 0 Å². The van der Waals surface area contributed by atoms with Crippen LogP contribution in [0.15, 0.2) is 11.2 Å². The summed E-state index contributed by atoms with van der Waals surface area (Å²) < 4.78 is 5.50. The number of hydrogen-bond donors (Lipinski definition) is 2. The average Bonchev–Trinajstić information content (AvgIpc) is 2.51. The van der Waals surface area contributed by atoms with Gasteiger partial charge in [-0.3, -0.25) is 0 Å². The minimum absolute atomic E-state index is 0.587. The fourth-order valence-electron chi connectivity index (χ4n) is 2.17. The Kier molecular flexibility index (Phi) is 6.39. The van der Waals surface area contributed by atoms with Crippen LogP contribution in [-0.2, 0) is 4.74 Å². The number of thioether (sulfide) groups is 1. The van der Waals surface area contributed by atoms with Crippen LogP contribution in [0.4, 0.5) is 11.6 Å². The summed E-state index contributed by atoms with van der Waals surface area (Å²) >= 11 is 1.57. The maximum absolute atomic E-state index is 5.50. The third kappa shape index (κ3) is 4.83. The standard InChI is InChI=1S/C14H24N4OS/c1-3-6-15-12-8-13(18-14(17-12)20-2)16-9-11-5-4-7-19-10-11/h8,11H,3-7,9-10H2,1-2H3,(H2,15,16,17,18). The van der Waals surface area contributed by atoms with Crippen molar-refractivity contribution in [3.8, 4) is 0 Å². The Morgan fingerprint density at radius 1 is 1.35 bits per heavy atom. The first kappa shape index (κ1) is 15.4. The highest BCUT2D eigenvalue weighted by Gasteiger charge is 2.14. The van der Waals surface area contributed by atoms with Gasteiger partial charge in [-0.2, -0.15) is 0 Å². The molecule has 1 unspecified atom stereocenters. The molecule has 20 heavy (non-hydrogen) atoms. The van der Waals surface area contributed by atoms with E-state index in [0.717, 1.165) is 55.9 Å². The van der Waals surface area contributed by atoms with E-state index in [4.69, 9.17) is 4.74 Å². The Bertz CT molecular complexity index is 410. The number of anilines is 2. The Morgan fingerprint density at radius 2 is 2.15 bits per heavy atom. The highest BCUT2D eigenvalue weighted by molar-refractivity contribution is 7.98. The van der Waals surface area contributed by atoms with Gasteiger partial charge in [-0.1, -0.05) is 18.7 Å². The van der Waals surface area contributed by atoms with Crippen molar-refractivity contribution >= 4 is 23.4 Å². The van der Waals surface area contributed by atoms with Gasteiger partial charge >= 0.3 is 0 Å². The van der Waals surface area contributed by atoms with Gasteiger partial charge in [-0.05, 0) is 31.4 Å². The molecule has 1 aliphatic heterocycles. The van der Waals surface area contributed by atoms with Crippen molar-refractivity contribution in [2.45, 2.75) is 31.3 Å². The third-order valence-electron chi connectivity index (χ3n) is 3.27. The van der Waals surface area contributed by atoms with Crippen molar-refractivity contribution in [2.75, 3.05) is 43.2 Å². The molecule has 1 fully saturated rings. The van der Waals surface area contributed by atoms with E-state index in [-0.39, 0.29) is 0 Å². The second-order valence-corrected chi connectivity index (χ2v) is 5.79. The SMILES string of the molecule is CCCNc1cc(NCC2CCCOC2)nc(SC)n1. The smallest absolute Gasteiger partial charge is 0.191 e. The van der Waals surface area contributed by atoms with Crippen LogP contribution >= 0.6 is 11.8 Å². The van der Waals surface area contributed by atoms with Gasteiger partial charge in [-0.15, -0.1) is 0 Å². The Hall–Kier alpha value is -1.01. The number of aromatic nitrogens is 2. The number of nitrogens with zero attached hydrogens (tertiary/aromatic N) is 2. The summed E-state index contributed by atoms with van der Waals surface area (Å²) in [5, 5.41) is 7.54. The van der Waals surface area contributed by atoms with E-state index >= 15 is 0 Å². The lowest BCUT2D eigenvalue weighted by Crippen LogP contribution is -2.24. The second kappa shape index (κ2) is 8.32. The van der Waals surface area contributed by atoms with Gasteiger partial charge in [0.05, 0.1) is 6.61 Å². The van der Waals surface area contributed by atoms with Crippen LogP contribution < -0.4 is 10.6 Å². The predicted molar refractivity (Wildman–Crippen MR) is 84.6 cm³/mol. The molecule has 0 spiro atoms. The van der Waals surface area contributed by atoms with Gasteiger partial charge in [0.1, 0.15) is 11.6 Å². The zero-order valence-electron chi connectivity index (χ0n) is 12.3. The number of ether oxygens (including phenoxy) is 1. The molecule has 0 saturated carbocycles. The topological polar surface area (TPSA) is 59.1 Å². The average molecular weight is 296 g/mol. The molecule has 1 aliphatic rings. The molecule has 0 aromatic carbocycles. The van der Waals surface area contributed by atoms with Crippen molar-refractivity contribution in [2.24, 2.45) is 5.92 Å². The Morgan fingerprint density at radius 3 is 2.80 bits per heavy atom. The summed E-state index contributed by atoms with van der Waals surface area (Å²) in [6, 6.07) is 1.99. The van der Waals surface area contributed by atoms with Crippen molar-refractivity contribution in [1.82, 2.24) is 9.97 Å². The largest absolute Gasteiger partial charge is 0.381 e. The molecule has 0 bridgehead atoms. The van der Waals surface area contributed by atoms with E-state index in [1.807, 2.05) is 12.3 Å². The molecule has 0 radical (unpaired) electrons. The van der Waals surface area contributed by atoms with Crippen LogP contribution in [0.25, 0.3) is 0 Å². The summed E-state index contributed by atoms with van der Waals surface area (Å²) in [6.45, 7) is 5.75. The number of rotatable bonds is 7. The van der Waals surface area contributed by atoms with Gasteiger partial charge in [0.25, 0.3) is 0 Å².